The zero-order valence-electron chi connectivity index (χ0n) is 11.8. The van der Waals surface area contributed by atoms with E-state index in [4.69, 9.17) is 4.42 Å². The van der Waals surface area contributed by atoms with Gasteiger partial charge in [-0.25, -0.2) is 0 Å². The van der Waals surface area contributed by atoms with Gasteiger partial charge in [-0.3, -0.25) is 9.59 Å². The molecular formula is C15H13F3N2O3. The Morgan fingerprint density at radius 3 is 2.30 bits per heavy atom. The predicted octanol–water partition coefficient (Wildman–Crippen LogP) is 2.94. The van der Waals surface area contributed by atoms with Crippen LogP contribution in [0.5, 0.6) is 0 Å². The Hall–Kier alpha value is -2.77. The second kappa shape index (κ2) is 6.99. The molecule has 0 bridgehead atoms. The lowest BCUT2D eigenvalue weighted by atomic mass is 10.2. The van der Waals surface area contributed by atoms with Crippen LogP contribution in [0, 0.1) is 0 Å². The maximum absolute atomic E-state index is 12.4. The molecule has 0 aliphatic rings. The Morgan fingerprint density at radius 2 is 1.74 bits per heavy atom. The number of carbonyl (C=O) groups excluding carboxylic acids is 2. The number of carbonyl (C=O) groups is 2. The van der Waals surface area contributed by atoms with Crippen molar-refractivity contribution in [3.05, 3.63) is 54.0 Å². The zero-order valence-corrected chi connectivity index (χ0v) is 11.8. The van der Waals surface area contributed by atoms with Crippen LogP contribution in [-0.4, -0.2) is 11.8 Å². The van der Waals surface area contributed by atoms with Gasteiger partial charge in [-0.2, -0.15) is 13.2 Å². The van der Waals surface area contributed by atoms with Crippen LogP contribution in [0.25, 0.3) is 0 Å². The first-order chi connectivity index (χ1) is 10.8. The first-order valence-corrected chi connectivity index (χ1v) is 6.61. The van der Waals surface area contributed by atoms with E-state index >= 15 is 0 Å². The highest BCUT2D eigenvalue weighted by Gasteiger charge is 2.29. The van der Waals surface area contributed by atoms with Crippen LogP contribution in [0.15, 0.2) is 47.1 Å². The Morgan fingerprint density at radius 1 is 1.04 bits per heavy atom. The fourth-order valence-electron chi connectivity index (χ4n) is 1.75. The van der Waals surface area contributed by atoms with Crippen LogP contribution in [-0.2, 0) is 22.3 Å². The summed E-state index contributed by atoms with van der Waals surface area (Å²) in [5.74, 6) is -0.603. The molecule has 8 heteroatoms. The van der Waals surface area contributed by atoms with Crippen LogP contribution >= 0.6 is 0 Å². The van der Waals surface area contributed by atoms with Crippen molar-refractivity contribution >= 4 is 17.5 Å². The maximum atomic E-state index is 12.4. The van der Waals surface area contributed by atoms with E-state index in [9.17, 15) is 22.8 Å². The van der Waals surface area contributed by atoms with E-state index in [1.807, 2.05) is 0 Å². The van der Waals surface area contributed by atoms with Crippen LogP contribution in [0.4, 0.5) is 18.9 Å². The van der Waals surface area contributed by atoms with Gasteiger partial charge in [0.05, 0.1) is 18.4 Å². The summed E-state index contributed by atoms with van der Waals surface area (Å²) in [6, 6.07) is 7.30. The predicted molar refractivity (Wildman–Crippen MR) is 75.2 cm³/mol. The van der Waals surface area contributed by atoms with Crippen LogP contribution in [0.3, 0.4) is 0 Å². The highest BCUT2D eigenvalue weighted by atomic mass is 19.4. The topological polar surface area (TPSA) is 71.3 Å². The SMILES string of the molecule is O=C(CC(=O)Nc1ccc(C(F)(F)F)cc1)NCc1ccco1. The van der Waals surface area contributed by atoms with Gasteiger partial charge in [0.1, 0.15) is 12.2 Å². The van der Waals surface area contributed by atoms with Gasteiger partial charge < -0.3 is 15.1 Å². The van der Waals surface area contributed by atoms with Gasteiger partial charge in [0.2, 0.25) is 11.8 Å². The molecule has 23 heavy (non-hydrogen) atoms. The third-order valence-electron chi connectivity index (χ3n) is 2.86. The number of hydrogen-bond acceptors (Lipinski definition) is 3. The quantitative estimate of drug-likeness (QED) is 0.830. The molecule has 0 fully saturated rings. The largest absolute Gasteiger partial charge is 0.467 e. The number of alkyl halides is 3. The summed E-state index contributed by atoms with van der Waals surface area (Å²) < 4.78 is 42.2. The average molecular weight is 326 g/mol. The first kappa shape index (κ1) is 16.6. The van der Waals surface area contributed by atoms with Crippen LogP contribution in [0.2, 0.25) is 0 Å². The van der Waals surface area contributed by atoms with Gasteiger partial charge >= 0.3 is 6.18 Å². The number of nitrogens with one attached hydrogen (secondary N) is 2. The summed E-state index contributed by atoms with van der Waals surface area (Å²) in [5.41, 5.74) is -0.631. The van der Waals surface area contributed by atoms with Crippen molar-refractivity contribution in [1.82, 2.24) is 5.32 Å². The number of anilines is 1. The minimum atomic E-state index is -4.44. The van der Waals surface area contributed by atoms with E-state index in [0.717, 1.165) is 24.3 Å². The minimum absolute atomic E-state index is 0.152. The molecule has 0 unspecified atom stereocenters. The van der Waals surface area contributed by atoms with E-state index in [2.05, 4.69) is 10.6 Å². The second-order valence-corrected chi connectivity index (χ2v) is 4.66. The van der Waals surface area contributed by atoms with Crippen molar-refractivity contribution in [2.45, 2.75) is 19.1 Å². The number of rotatable bonds is 5. The molecule has 0 saturated carbocycles. The highest BCUT2D eigenvalue weighted by molar-refractivity contribution is 6.03. The van der Waals surface area contributed by atoms with Crippen molar-refractivity contribution in [3.8, 4) is 0 Å². The fourth-order valence-corrected chi connectivity index (χ4v) is 1.75. The molecular weight excluding hydrogens is 313 g/mol. The molecule has 0 aliphatic carbocycles. The fraction of sp³-hybridized carbons (Fsp3) is 0.200. The molecule has 2 amide bonds. The third kappa shape index (κ3) is 5.17. The van der Waals surface area contributed by atoms with Crippen molar-refractivity contribution in [1.29, 1.82) is 0 Å². The van der Waals surface area contributed by atoms with E-state index in [0.29, 0.717) is 5.76 Å². The Labute approximate surface area is 129 Å². The van der Waals surface area contributed by atoms with E-state index in [1.165, 1.54) is 6.26 Å². The maximum Gasteiger partial charge on any atom is 0.416 e. The average Bonchev–Trinajstić information content (AvgIpc) is 2.98. The number of hydrogen-bond donors (Lipinski definition) is 2. The normalized spacial score (nSPS) is 11.1. The summed E-state index contributed by atoms with van der Waals surface area (Å²) in [6.07, 6.45) is -3.42. The molecule has 2 aromatic rings. The lowest BCUT2D eigenvalue weighted by molar-refractivity contribution is -0.137. The van der Waals surface area contributed by atoms with Crippen molar-refractivity contribution in [2.75, 3.05) is 5.32 Å². The molecule has 0 saturated heterocycles. The molecule has 2 N–H and O–H groups in total. The summed E-state index contributed by atoms with van der Waals surface area (Å²) in [7, 11) is 0. The van der Waals surface area contributed by atoms with E-state index < -0.39 is 30.0 Å². The second-order valence-electron chi connectivity index (χ2n) is 4.66. The third-order valence-corrected chi connectivity index (χ3v) is 2.86. The molecule has 5 nitrogen and oxygen atoms in total. The van der Waals surface area contributed by atoms with Gasteiger partial charge in [-0.15, -0.1) is 0 Å². The molecule has 0 spiro atoms. The molecule has 0 aliphatic heterocycles. The zero-order chi connectivity index (χ0) is 16.9. The lowest BCUT2D eigenvalue weighted by Gasteiger charge is -2.09. The number of benzene rings is 1. The van der Waals surface area contributed by atoms with Gasteiger partial charge in [-0.05, 0) is 36.4 Å². The van der Waals surface area contributed by atoms with E-state index in [1.54, 1.807) is 12.1 Å². The summed E-state index contributed by atoms with van der Waals surface area (Å²) in [5, 5.41) is 4.84. The lowest BCUT2D eigenvalue weighted by Crippen LogP contribution is -2.27. The summed E-state index contributed by atoms with van der Waals surface area (Å²) in [6.45, 7) is 0.152. The van der Waals surface area contributed by atoms with Crippen molar-refractivity contribution < 1.29 is 27.2 Å². The van der Waals surface area contributed by atoms with Gasteiger partial charge in [0.15, 0.2) is 0 Å². The molecule has 0 radical (unpaired) electrons. The Kier molecular flexibility index (Phi) is 5.05. The van der Waals surface area contributed by atoms with Crippen molar-refractivity contribution in [3.63, 3.8) is 0 Å². The smallest absolute Gasteiger partial charge is 0.416 e. The molecule has 1 heterocycles. The first-order valence-electron chi connectivity index (χ1n) is 6.61. The van der Waals surface area contributed by atoms with Gasteiger partial charge in [0, 0.05) is 5.69 Å². The molecule has 1 aromatic carbocycles. The van der Waals surface area contributed by atoms with Crippen LogP contribution in [0.1, 0.15) is 17.7 Å². The van der Waals surface area contributed by atoms with Crippen molar-refractivity contribution in [2.24, 2.45) is 0 Å². The molecule has 0 atom stereocenters. The number of halogens is 3. The number of furan rings is 1. The minimum Gasteiger partial charge on any atom is -0.467 e. The highest BCUT2D eigenvalue weighted by Crippen LogP contribution is 2.29. The Bertz CT molecular complexity index is 664. The summed E-state index contributed by atoms with van der Waals surface area (Å²) in [4.78, 5) is 23.2. The standard InChI is InChI=1S/C15H13F3N2O3/c16-15(17,18)10-3-5-11(6-4-10)20-14(22)8-13(21)19-9-12-2-1-7-23-12/h1-7H,8-9H2,(H,19,21)(H,20,22). The molecule has 122 valence electrons. The van der Waals surface area contributed by atoms with Gasteiger partial charge in [-0.1, -0.05) is 0 Å². The molecule has 2 rings (SSSR count). The summed E-state index contributed by atoms with van der Waals surface area (Å²) >= 11 is 0. The molecule has 1 aromatic heterocycles. The van der Waals surface area contributed by atoms with Gasteiger partial charge in [0.25, 0.3) is 0 Å². The van der Waals surface area contributed by atoms with E-state index in [-0.39, 0.29) is 12.2 Å². The van der Waals surface area contributed by atoms with Crippen LogP contribution < -0.4 is 10.6 Å². The Balaban J connectivity index is 1.81. The monoisotopic (exact) mass is 326 g/mol. The number of amides is 2.